The normalized spacial score (nSPS) is 23.4. The molecule has 0 amide bonds. The van der Waals surface area contributed by atoms with Gasteiger partial charge in [-0.15, -0.1) is 0 Å². The van der Waals surface area contributed by atoms with E-state index in [4.69, 9.17) is 23.4 Å². The highest BCUT2D eigenvalue weighted by Gasteiger charge is 2.51. The summed E-state index contributed by atoms with van der Waals surface area (Å²) in [6, 6.07) is 30.8. The summed E-state index contributed by atoms with van der Waals surface area (Å²) in [7, 11) is -2.16. The molecule has 3 aromatic carbocycles. The number of hydrogen-bond donors (Lipinski definition) is 0. The van der Waals surface area contributed by atoms with Crippen molar-refractivity contribution in [2.24, 2.45) is 0 Å². The van der Waals surface area contributed by atoms with Crippen molar-refractivity contribution in [3.8, 4) is 0 Å². The fourth-order valence-electron chi connectivity index (χ4n) is 4.70. The minimum atomic E-state index is -2.16. The highest BCUT2D eigenvalue weighted by atomic mass is 127. The molecule has 7 heteroatoms. The fraction of sp³-hybridized carbons (Fsp3) is 0.471. The molecule has 0 spiro atoms. The lowest BCUT2D eigenvalue weighted by Crippen LogP contribution is -2.64. The Kier molecular flexibility index (Phi) is 12.0. The summed E-state index contributed by atoms with van der Waals surface area (Å²) in [5.41, 5.74) is 3.36. The van der Waals surface area contributed by atoms with E-state index < -0.39 is 8.32 Å². The lowest BCUT2D eigenvalue weighted by atomic mass is 9.95. The molecular formula is C34H45IO5Si. The highest BCUT2D eigenvalue weighted by molar-refractivity contribution is 14.1. The van der Waals surface area contributed by atoms with E-state index in [9.17, 15) is 0 Å². The maximum atomic E-state index is 7.12. The van der Waals surface area contributed by atoms with Gasteiger partial charge >= 0.3 is 0 Å². The van der Waals surface area contributed by atoms with Gasteiger partial charge in [0.15, 0.2) is 8.32 Å². The maximum absolute atomic E-state index is 7.12. The molecule has 0 bridgehead atoms. The Balaban J connectivity index is 1.63. The Morgan fingerprint density at radius 2 is 1.12 bits per heavy atom. The molecule has 0 aliphatic carbocycles. The van der Waals surface area contributed by atoms with Crippen molar-refractivity contribution in [3.63, 3.8) is 0 Å². The van der Waals surface area contributed by atoms with Crippen LogP contribution in [0.15, 0.2) is 91.0 Å². The molecule has 4 rings (SSSR count). The van der Waals surface area contributed by atoms with Crippen LogP contribution in [0.1, 0.15) is 37.5 Å². The molecule has 3 aromatic rings. The van der Waals surface area contributed by atoms with E-state index >= 15 is 0 Å². The molecule has 0 N–H and O–H groups in total. The zero-order valence-corrected chi connectivity index (χ0v) is 28.2. The van der Waals surface area contributed by atoms with Crippen LogP contribution >= 0.6 is 22.6 Å². The molecule has 5 atom stereocenters. The van der Waals surface area contributed by atoms with Crippen LogP contribution in [0.4, 0.5) is 0 Å². The molecule has 1 aliphatic rings. The van der Waals surface area contributed by atoms with Crippen LogP contribution in [0.2, 0.25) is 18.1 Å². The van der Waals surface area contributed by atoms with Crippen LogP contribution in [0.25, 0.3) is 0 Å². The number of rotatable bonds is 13. The third-order valence-corrected chi connectivity index (χ3v) is 13.4. The molecule has 222 valence electrons. The van der Waals surface area contributed by atoms with Gasteiger partial charge in [-0.1, -0.05) is 134 Å². The maximum Gasteiger partial charge on any atom is 0.192 e. The number of hydrogen-bond acceptors (Lipinski definition) is 5. The molecule has 0 aromatic heterocycles. The van der Waals surface area contributed by atoms with Crippen molar-refractivity contribution in [2.45, 2.75) is 89.2 Å². The van der Waals surface area contributed by atoms with Crippen LogP contribution in [-0.2, 0) is 43.2 Å². The van der Waals surface area contributed by atoms with Crippen molar-refractivity contribution in [3.05, 3.63) is 108 Å². The predicted octanol–water partition coefficient (Wildman–Crippen LogP) is 7.97. The van der Waals surface area contributed by atoms with Crippen molar-refractivity contribution >= 4 is 30.9 Å². The molecule has 5 nitrogen and oxygen atoms in total. The molecular weight excluding hydrogens is 643 g/mol. The van der Waals surface area contributed by atoms with Crippen molar-refractivity contribution in [1.29, 1.82) is 0 Å². The molecule has 1 fully saturated rings. The van der Waals surface area contributed by atoms with Crippen molar-refractivity contribution < 1.29 is 23.4 Å². The molecule has 0 unspecified atom stereocenters. The van der Waals surface area contributed by atoms with Gasteiger partial charge < -0.3 is 23.4 Å². The summed E-state index contributed by atoms with van der Waals surface area (Å²) < 4.78 is 34.4. The molecule has 0 radical (unpaired) electrons. The number of halogens is 1. The Morgan fingerprint density at radius 1 is 0.659 bits per heavy atom. The van der Waals surface area contributed by atoms with Crippen molar-refractivity contribution in [2.75, 3.05) is 11.0 Å². The van der Waals surface area contributed by atoms with Gasteiger partial charge in [0.2, 0.25) is 0 Å². The summed E-state index contributed by atoms with van der Waals surface area (Å²) in [6.07, 6.45) is -1.41. The van der Waals surface area contributed by atoms with Gasteiger partial charge in [-0.3, -0.25) is 0 Å². The van der Waals surface area contributed by atoms with Crippen LogP contribution < -0.4 is 0 Å². The quantitative estimate of drug-likeness (QED) is 0.104. The largest absolute Gasteiger partial charge is 0.408 e. The average molecular weight is 689 g/mol. The second kappa shape index (κ2) is 15.2. The summed E-state index contributed by atoms with van der Waals surface area (Å²) in [5.74, 6) is 0. The van der Waals surface area contributed by atoms with Gasteiger partial charge in [-0.2, -0.15) is 0 Å². The third-order valence-electron chi connectivity index (χ3n) is 8.08. The van der Waals surface area contributed by atoms with Gasteiger partial charge in [0.05, 0.1) is 32.5 Å². The highest BCUT2D eigenvalue weighted by Crippen LogP contribution is 2.41. The Bertz CT molecular complexity index is 1160. The van der Waals surface area contributed by atoms with E-state index in [2.05, 4.69) is 92.9 Å². The second-order valence-corrected chi connectivity index (χ2v) is 17.9. The first-order chi connectivity index (χ1) is 19.7. The van der Waals surface area contributed by atoms with Crippen LogP contribution in [-0.4, -0.2) is 49.9 Å². The second-order valence-electron chi connectivity index (χ2n) is 12.2. The van der Waals surface area contributed by atoms with E-state index in [0.717, 1.165) is 21.1 Å². The van der Waals surface area contributed by atoms with Crippen molar-refractivity contribution in [1.82, 2.24) is 0 Å². The molecule has 41 heavy (non-hydrogen) atoms. The Hall–Kier alpha value is -1.59. The van der Waals surface area contributed by atoms with Gasteiger partial charge in [0, 0.05) is 4.43 Å². The van der Waals surface area contributed by atoms with E-state index in [1.807, 2.05) is 54.6 Å². The molecule has 1 saturated heterocycles. The fourth-order valence-corrected chi connectivity index (χ4v) is 6.73. The van der Waals surface area contributed by atoms with E-state index in [1.165, 1.54) is 0 Å². The Labute approximate surface area is 261 Å². The molecule has 1 heterocycles. The van der Waals surface area contributed by atoms with Crippen LogP contribution in [0.5, 0.6) is 0 Å². The SMILES string of the molecule is CC(C)(C)[Si](C)(C)O[C@@H]1[C@H](OCc2ccccc2)[C@@H](OCc2ccccc2)[C@@H](COCc2ccccc2)O[C@@H]1CI. The number of benzene rings is 3. The zero-order chi connectivity index (χ0) is 29.3. The van der Waals surface area contributed by atoms with E-state index in [-0.39, 0.29) is 35.6 Å². The monoisotopic (exact) mass is 688 g/mol. The summed E-state index contributed by atoms with van der Waals surface area (Å²) >= 11 is 2.41. The Morgan fingerprint density at radius 3 is 1.59 bits per heavy atom. The zero-order valence-electron chi connectivity index (χ0n) is 25.0. The topological polar surface area (TPSA) is 46.2 Å². The first-order valence-electron chi connectivity index (χ1n) is 14.5. The third kappa shape index (κ3) is 9.19. The molecule has 0 saturated carbocycles. The lowest BCUT2D eigenvalue weighted by molar-refractivity contribution is -0.252. The predicted molar refractivity (Wildman–Crippen MR) is 176 cm³/mol. The number of ether oxygens (including phenoxy) is 4. The van der Waals surface area contributed by atoms with E-state index in [1.54, 1.807) is 0 Å². The smallest absolute Gasteiger partial charge is 0.192 e. The minimum absolute atomic E-state index is 0.0445. The standard InChI is InChI=1S/C34H45IO5Si/c1-34(2,3)41(4,5)40-32-29(21-35)39-30(25-36-22-26-15-9-6-10-16-26)31(37-23-27-17-11-7-12-18-27)33(32)38-24-28-19-13-8-14-20-28/h6-20,29-33H,21-25H2,1-5H3/t29-,30-,31+,32+,33-/m1/s1. The lowest BCUT2D eigenvalue weighted by Gasteiger charge is -2.50. The van der Waals surface area contributed by atoms with Gasteiger partial charge in [0.25, 0.3) is 0 Å². The number of alkyl halides is 1. The van der Waals surface area contributed by atoms with Crippen LogP contribution in [0, 0.1) is 0 Å². The summed E-state index contributed by atoms with van der Waals surface area (Å²) in [4.78, 5) is 0. The minimum Gasteiger partial charge on any atom is -0.408 e. The average Bonchev–Trinajstić information content (AvgIpc) is 2.97. The van der Waals surface area contributed by atoms with Gasteiger partial charge in [-0.25, -0.2) is 0 Å². The first-order valence-corrected chi connectivity index (χ1v) is 18.9. The first kappa shape index (κ1) is 32.3. The van der Waals surface area contributed by atoms with Crippen LogP contribution in [0.3, 0.4) is 0 Å². The van der Waals surface area contributed by atoms with Gasteiger partial charge in [0.1, 0.15) is 24.4 Å². The molecule has 1 aliphatic heterocycles. The summed E-state index contributed by atoms with van der Waals surface area (Å²) in [5, 5.41) is 0.0445. The van der Waals surface area contributed by atoms with Gasteiger partial charge in [-0.05, 0) is 34.8 Å². The van der Waals surface area contributed by atoms with E-state index in [0.29, 0.717) is 26.4 Å². The summed E-state index contributed by atoms with van der Waals surface area (Å²) in [6.45, 7) is 13.2.